The van der Waals surface area contributed by atoms with E-state index in [4.69, 9.17) is 5.26 Å². The lowest BCUT2D eigenvalue weighted by atomic mass is 10.1. The number of nitrogens with one attached hydrogen (secondary N) is 1. The van der Waals surface area contributed by atoms with E-state index in [-0.39, 0.29) is 5.91 Å². The zero-order chi connectivity index (χ0) is 17.7. The molecule has 0 saturated heterocycles. The molecule has 1 amide bonds. The normalized spacial score (nSPS) is 12.1. The van der Waals surface area contributed by atoms with Crippen molar-refractivity contribution in [2.75, 3.05) is 0 Å². The van der Waals surface area contributed by atoms with Gasteiger partial charge in [0, 0.05) is 17.3 Å². The summed E-state index contributed by atoms with van der Waals surface area (Å²) in [4.78, 5) is 11.8. The van der Waals surface area contributed by atoms with E-state index in [1.54, 1.807) is 13.0 Å². The topological polar surface area (TPSA) is 70.7 Å². The molecule has 1 aromatic carbocycles. The van der Waals surface area contributed by atoms with Gasteiger partial charge in [-0.05, 0) is 39.3 Å². The molecule has 124 valence electrons. The number of nitrogens with zero attached hydrogens (tertiary/aromatic N) is 3. The van der Waals surface area contributed by atoms with E-state index in [9.17, 15) is 4.79 Å². The lowest BCUT2D eigenvalue weighted by Gasteiger charge is -2.05. The molecule has 0 bridgehead atoms. The first kappa shape index (κ1) is 17.5. The highest BCUT2D eigenvalue weighted by Gasteiger charge is 2.10. The standard InChI is InChI=1S/C19H22N4O/c1-13-5-7-17(8-6-13)12-23-16(4)18(15(3)22-23)9-10-19(24)21-14(2)11-20/h5-10,14H,12H2,1-4H3,(H,21,24). The van der Waals surface area contributed by atoms with E-state index in [2.05, 4.69) is 41.6 Å². The highest BCUT2D eigenvalue weighted by molar-refractivity contribution is 5.92. The number of carbonyl (C=O) groups excluding carboxylic acids is 1. The van der Waals surface area contributed by atoms with Crippen molar-refractivity contribution in [3.63, 3.8) is 0 Å². The van der Waals surface area contributed by atoms with Crippen molar-refractivity contribution in [1.82, 2.24) is 15.1 Å². The van der Waals surface area contributed by atoms with Gasteiger partial charge in [-0.3, -0.25) is 9.48 Å². The summed E-state index contributed by atoms with van der Waals surface area (Å²) in [5.74, 6) is -0.283. The summed E-state index contributed by atoms with van der Waals surface area (Å²) in [6.07, 6.45) is 3.20. The van der Waals surface area contributed by atoms with Crippen molar-refractivity contribution in [1.29, 1.82) is 5.26 Å². The zero-order valence-electron chi connectivity index (χ0n) is 14.5. The van der Waals surface area contributed by atoms with E-state index in [0.717, 1.165) is 17.0 Å². The molecule has 5 heteroatoms. The Bertz CT molecular complexity index is 794. The van der Waals surface area contributed by atoms with E-state index >= 15 is 0 Å². The molecule has 1 N–H and O–H groups in total. The van der Waals surface area contributed by atoms with Gasteiger partial charge in [-0.25, -0.2) is 0 Å². The summed E-state index contributed by atoms with van der Waals surface area (Å²) in [6, 6.07) is 9.83. The van der Waals surface area contributed by atoms with Gasteiger partial charge in [-0.1, -0.05) is 29.8 Å². The van der Waals surface area contributed by atoms with Crippen molar-refractivity contribution < 1.29 is 4.79 Å². The number of aromatic nitrogens is 2. The lowest BCUT2D eigenvalue weighted by molar-refractivity contribution is -0.116. The van der Waals surface area contributed by atoms with Gasteiger partial charge in [0.25, 0.3) is 0 Å². The Morgan fingerprint density at radius 1 is 1.33 bits per heavy atom. The largest absolute Gasteiger partial charge is 0.337 e. The maximum Gasteiger partial charge on any atom is 0.245 e. The van der Waals surface area contributed by atoms with Gasteiger partial charge < -0.3 is 5.32 Å². The number of carbonyl (C=O) groups is 1. The molecule has 1 unspecified atom stereocenters. The van der Waals surface area contributed by atoms with Crippen molar-refractivity contribution in [3.8, 4) is 6.07 Å². The summed E-state index contributed by atoms with van der Waals surface area (Å²) < 4.78 is 1.94. The number of nitriles is 1. The molecule has 0 aliphatic rings. The molecule has 2 aromatic rings. The van der Waals surface area contributed by atoms with Crippen LogP contribution in [0.1, 0.15) is 35.0 Å². The SMILES string of the molecule is Cc1ccc(Cn2nc(C)c(C=CC(=O)NC(C)C#N)c2C)cc1. The third kappa shape index (κ3) is 4.32. The minimum absolute atomic E-state index is 0.283. The van der Waals surface area contributed by atoms with Gasteiger partial charge in [0.2, 0.25) is 5.91 Å². The Morgan fingerprint density at radius 3 is 2.62 bits per heavy atom. The van der Waals surface area contributed by atoms with Gasteiger partial charge in [-0.2, -0.15) is 10.4 Å². The molecule has 24 heavy (non-hydrogen) atoms. The summed E-state index contributed by atoms with van der Waals surface area (Å²) in [5, 5.41) is 15.9. The molecule has 5 nitrogen and oxygen atoms in total. The molecule has 0 radical (unpaired) electrons. The predicted octanol–water partition coefficient (Wildman–Crippen LogP) is 2.90. The fourth-order valence-electron chi connectivity index (χ4n) is 2.43. The van der Waals surface area contributed by atoms with Crippen LogP contribution in [0.5, 0.6) is 0 Å². The molecular formula is C19H22N4O. The first-order chi connectivity index (χ1) is 11.4. The Kier molecular flexibility index (Phi) is 5.54. The smallest absolute Gasteiger partial charge is 0.245 e. The summed E-state index contributed by atoms with van der Waals surface area (Å²) in [6.45, 7) is 8.31. The summed E-state index contributed by atoms with van der Waals surface area (Å²) >= 11 is 0. The third-order valence-corrected chi connectivity index (χ3v) is 3.84. The number of rotatable bonds is 5. The molecule has 2 rings (SSSR count). The van der Waals surface area contributed by atoms with Crippen LogP contribution in [-0.2, 0) is 11.3 Å². The van der Waals surface area contributed by atoms with Crippen LogP contribution in [0, 0.1) is 32.1 Å². The van der Waals surface area contributed by atoms with Crippen molar-refractivity contribution in [2.45, 2.75) is 40.3 Å². The molecule has 1 atom stereocenters. The Labute approximate surface area is 142 Å². The second-order valence-corrected chi connectivity index (χ2v) is 5.92. The Hall–Kier alpha value is -2.87. The van der Waals surface area contributed by atoms with Crippen LogP contribution in [0.25, 0.3) is 6.08 Å². The fraction of sp³-hybridized carbons (Fsp3) is 0.316. The zero-order valence-corrected chi connectivity index (χ0v) is 14.5. The average Bonchev–Trinajstić information content (AvgIpc) is 2.81. The highest BCUT2D eigenvalue weighted by atomic mass is 16.1. The number of amides is 1. The molecule has 0 fully saturated rings. The molecule has 1 aromatic heterocycles. The van der Waals surface area contributed by atoms with Crippen LogP contribution in [-0.4, -0.2) is 21.7 Å². The maximum absolute atomic E-state index is 11.8. The van der Waals surface area contributed by atoms with Gasteiger partial charge in [0.15, 0.2) is 0 Å². The molecule has 0 spiro atoms. The number of benzene rings is 1. The van der Waals surface area contributed by atoms with Gasteiger partial charge >= 0.3 is 0 Å². The van der Waals surface area contributed by atoms with E-state index in [0.29, 0.717) is 6.54 Å². The minimum atomic E-state index is -0.506. The lowest BCUT2D eigenvalue weighted by Crippen LogP contribution is -2.29. The summed E-state index contributed by atoms with van der Waals surface area (Å²) in [7, 11) is 0. The van der Waals surface area contributed by atoms with E-state index < -0.39 is 6.04 Å². The van der Waals surface area contributed by atoms with Gasteiger partial charge in [0.1, 0.15) is 6.04 Å². The number of hydrogen-bond donors (Lipinski definition) is 1. The first-order valence-electron chi connectivity index (χ1n) is 7.88. The molecule has 0 aliphatic heterocycles. The fourth-order valence-corrected chi connectivity index (χ4v) is 2.43. The predicted molar refractivity (Wildman–Crippen MR) is 94.2 cm³/mol. The van der Waals surface area contributed by atoms with Crippen LogP contribution in [0.15, 0.2) is 30.3 Å². The quantitative estimate of drug-likeness (QED) is 0.860. The van der Waals surface area contributed by atoms with Crippen molar-refractivity contribution in [3.05, 3.63) is 58.4 Å². The Balaban J connectivity index is 2.15. The minimum Gasteiger partial charge on any atom is -0.337 e. The number of hydrogen-bond acceptors (Lipinski definition) is 3. The van der Waals surface area contributed by atoms with Gasteiger partial charge in [0.05, 0.1) is 18.3 Å². The maximum atomic E-state index is 11.8. The first-order valence-corrected chi connectivity index (χ1v) is 7.88. The second kappa shape index (κ2) is 7.60. The van der Waals surface area contributed by atoms with Crippen molar-refractivity contribution in [2.24, 2.45) is 0 Å². The molecular weight excluding hydrogens is 300 g/mol. The highest BCUT2D eigenvalue weighted by Crippen LogP contribution is 2.16. The van der Waals surface area contributed by atoms with Crippen molar-refractivity contribution >= 4 is 12.0 Å². The van der Waals surface area contributed by atoms with E-state index in [1.807, 2.05) is 24.6 Å². The molecule has 1 heterocycles. The second-order valence-electron chi connectivity index (χ2n) is 5.92. The monoisotopic (exact) mass is 322 g/mol. The average molecular weight is 322 g/mol. The van der Waals surface area contributed by atoms with E-state index in [1.165, 1.54) is 17.2 Å². The number of aryl methyl sites for hydroxylation is 2. The molecule has 0 saturated carbocycles. The molecule has 0 aliphatic carbocycles. The van der Waals surface area contributed by atoms with Crippen LogP contribution >= 0.6 is 0 Å². The summed E-state index contributed by atoms with van der Waals surface area (Å²) in [5.41, 5.74) is 5.22. The van der Waals surface area contributed by atoms with Crippen LogP contribution in [0.4, 0.5) is 0 Å². The van der Waals surface area contributed by atoms with Crippen LogP contribution < -0.4 is 5.32 Å². The van der Waals surface area contributed by atoms with Crippen LogP contribution in [0.2, 0.25) is 0 Å². The van der Waals surface area contributed by atoms with Crippen LogP contribution in [0.3, 0.4) is 0 Å². The third-order valence-electron chi connectivity index (χ3n) is 3.84. The van der Waals surface area contributed by atoms with Gasteiger partial charge in [-0.15, -0.1) is 0 Å². The Morgan fingerprint density at radius 2 is 2.00 bits per heavy atom.